The molecule has 0 bridgehead atoms. The Morgan fingerprint density at radius 3 is 2.46 bits per heavy atom. The molecule has 3 rings (SSSR count). The summed E-state index contributed by atoms with van der Waals surface area (Å²) < 4.78 is 5.48. The van der Waals surface area contributed by atoms with Crippen LogP contribution in [-0.4, -0.2) is 46.0 Å². The van der Waals surface area contributed by atoms with Crippen molar-refractivity contribution in [3.8, 4) is 0 Å². The zero-order chi connectivity index (χ0) is 18.7. The quantitative estimate of drug-likeness (QED) is 0.885. The second-order valence-corrected chi connectivity index (χ2v) is 6.90. The minimum absolute atomic E-state index is 0.0903. The summed E-state index contributed by atoms with van der Waals surface area (Å²) in [4.78, 5) is 26.6. The van der Waals surface area contributed by atoms with Gasteiger partial charge in [-0.1, -0.05) is 11.6 Å². The molecule has 1 aromatic carbocycles. The third kappa shape index (κ3) is 4.22. The summed E-state index contributed by atoms with van der Waals surface area (Å²) in [5, 5.41) is 11.2. The molecule has 1 atom stereocenters. The Balaban J connectivity index is 1.52. The number of aromatic nitrogens is 2. The third-order valence-corrected chi connectivity index (χ3v) is 4.77. The third-order valence-electron chi connectivity index (χ3n) is 4.52. The molecule has 1 aliphatic heterocycles. The van der Waals surface area contributed by atoms with Crippen LogP contribution in [0.2, 0.25) is 5.02 Å². The summed E-state index contributed by atoms with van der Waals surface area (Å²) in [6.07, 6.45) is 1.54. The fraction of sp³-hybridized carbons (Fsp3) is 0.444. The highest BCUT2D eigenvalue weighted by Crippen LogP contribution is 2.27. The average Bonchev–Trinajstić information content (AvgIpc) is 3.08. The fourth-order valence-electron chi connectivity index (χ4n) is 3.04. The molecular weight excluding hydrogens is 356 g/mol. The summed E-state index contributed by atoms with van der Waals surface area (Å²) in [5.41, 5.74) is 0.472. The van der Waals surface area contributed by atoms with E-state index in [0.717, 1.165) is 12.8 Å². The maximum absolute atomic E-state index is 12.6. The van der Waals surface area contributed by atoms with Crippen LogP contribution in [0, 0.1) is 6.92 Å². The molecular formula is C18H21ClN4O3. The van der Waals surface area contributed by atoms with Gasteiger partial charge in [-0.2, -0.15) is 0 Å². The number of likely N-dealkylation sites (tertiary alicyclic amines) is 1. The lowest BCUT2D eigenvalue weighted by Crippen LogP contribution is -2.49. The average molecular weight is 377 g/mol. The fourth-order valence-corrected chi connectivity index (χ4v) is 3.17. The number of hydrogen-bond acceptors (Lipinski definition) is 5. The smallest absolute Gasteiger partial charge is 0.251 e. The van der Waals surface area contributed by atoms with Crippen molar-refractivity contribution in [2.75, 3.05) is 13.1 Å². The van der Waals surface area contributed by atoms with E-state index in [1.54, 1.807) is 43.0 Å². The van der Waals surface area contributed by atoms with Crippen molar-refractivity contribution < 1.29 is 14.0 Å². The number of nitrogens with one attached hydrogen (secondary N) is 1. The summed E-state index contributed by atoms with van der Waals surface area (Å²) in [6, 6.07) is 5.96. The second kappa shape index (κ2) is 7.86. The Morgan fingerprint density at radius 2 is 1.88 bits per heavy atom. The molecule has 138 valence electrons. The number of carbonyl (C=O) groups is 2. The topological polar surface area (TPSA) is 88.3 Å². The van der Waals surface area contributed by atoms with Gasteiger partial charge in [-0.3, -0.25) is 9.59 Å². The van der Waals surface area contributed by atoms with Crippen molar-refractivity contribution in [3.05, 3.63) is 46.6 Å². The van der Waals surface area contributed by atoms with Crippen LogP contribution in [0.15, 0.2) is 28.7 Å². The van der Waals surface area contributed by atoms with Crippen LogP contribution in [-0.2, 0) is 4.79 Å². The number of benzene rings is 1. The predicted molar refractivity (Wildman–Crippen MR) is 96.0 cm³/mol. The molecule has 0 radical (unpaired) electrons. The van der Waals surface area contributed by atoms with E-state index in [4.69, 9.17) is 16.0 Å². The van der Waals surface area contributed by atoms with E-state index in [1.807, 2.05) is 0 Å². The highest BCUT2D eigenvalue weighted by atomic mass is 35.5. The lowest BCUT2D eigenvalue weighted by molar-refractivity contribution is -0.133. The molecule has 1 saturated heterocycles. The normalized spacial score (nSPS) is 16.3. The molecule has 1 unspecified atom stereocenters. The van der Waals surface area contributed by atoms with Crippen molar-refractivity contribution in [1.82, 2.24) is 20.4 Å². The van der Waals surface area contributed by atoms with E-state index in [-0.39, 0.29) is 17.7 Å². The summed E-state index contributed by atoms with van der Waals surface area (Å²) in [6.45, 7) is 4.67. The van der Waals surface area contributed by atoms with E-state index in [9.17, 15) is 9.59 Å². The van der Waals surface area contributed by atoms with Crippen molar-refractivity contribution >= 4 is 23.4 Å². The van der Waals surface area contributed by atoms with Gasteiger partial charge >= 0.3 is 0 Å². The van der Waals surface area contributed by atoms with Gasteiger partial charge in [0.1, 0.15) is 6.04 Å². The number of carbonyl (C=O) groups excluding carboxylic acids is 2. The minimum atomic E-state index is -0.597. The number of aryl methyl sites for hydroxylation is 1. The molecule has 2 amide bonds. The standard InChI is InChI=1S/C18H21ClN4O3/c1-11(20-16(24)13-3-5-15(19)6-4-13)18(25)23-9-7-14(8-10-23)17-22-21-12(2)26-17/h3-6,11,14H,7-10H2,1-2H3,(H,20,24). The van der Waals surface area contributed by atoms with Crippen molar-refractivity contribution in [2.24, 2.45) is 0 Å². The van der Waals surface area contributed by atoms with Gasteiger partial charge in [0.25, 0.3) is 5.91 Å². The van der Waals surface area contributed by atoms with Crippen LogP contribution in [0.4, 0.5) is 0 Å². The molecule has 1 fully saturated rings. The second-order valence-electron chi connectivity index (χ2n) is 6.46. The van der Waals surface area contributed by atoms with E-state index < -0.39 is 6.04 Å². The Kier molecular flexibility index (Phi) is 5.56. The van der Waals surface area contributed by atoms with Gasteiger partial charge in [-0.05, 0) is 44.0 Å². The van der Waals surface area contributed by atoms with Crippen LogP contribution in [0.25, 0.3) is 0 Å². The van der Waals surface area contributed by atoms with Crippen LogP contribution >= 0.6 is 11.6 Å². The summed E-state index contributed by atoms with van der Waals surface area (Å²) in [5.74, 6) is 0.987. The first-order valence-corrected chi connectivity index (χ1v) is 8.97. The highest BCUT2D eigenvalue weighted by molar-refractivity contribution is 6.30. The van der Waals surface area contributed by atoms with Gasteiger partial charge in [0.2, 0.25) is 17.7 Å². The molecule has 7 nitrogen and oxygen atoms in total. The lowest BCUT2D eigenvalue weighted by Gasteiger charge is -2.32. The minimum Gasteiger partial charge on any atom is -0.425 e. The van der Waals surface area contributed by atoms with Crippen LogP contribution in [0.5, 0.6) is 0 Å². The molecule has 1 aromatic heterocycles. The van der Waals surface area contributed by atoms with Crippen LogP contribution in [0.3, 0.4) is 0 Å². The van der Waals surface area contributed by atoms with Crippen molar-refractivity contribution in [1.29, 1.82) is 0 Å². The summed E-state index contributed by atoms with van der Waals surface area (Å²) >= 11 is 5.82. The van der Waals surface area contributed by atoms with E-state index in [2.05, 4.69) is 15.5 Å². The number of rotatable bonds is 4. The van der Waals surface area contributed by atoms with Crippen LogP contribution < -0.4 is 5.32 Å². The van der Waals surface area contributed by atoms with E-state index >= 15 is 0 Å². The number of hydrogen-bond donors (Lipinski definition) is 1. The molecule has 0 spiro atoms. The zero-order valence-electron chi connectivity index (χ0n) is 14.7. The maximum atomic E-state index is 12.6. The number of nitrogens with zero attached hydrogens (tertiary/aromatic N) is 3. The van der Waals surface area contributed by atoms with Crippen molar-refractivity contribution in [3.63, 3.8) is 0 Å². The predicted octanol–water partition coefficient (Wildman–Crippen LogP) is 2.56. The molecule has 0 aliphatic carbocycles. The molecule has 8 heteroatoms. The first-order chi connectivity index (χ1) is 12.4. The van der Waals surface area contributed by atoms with Gasteiger partial charge in [0.05, 0.1) is 0 Å². The molecule has 0 saturated carbocycles. The number of piperidine rings is 1. The van der Waals surface area contributed by atoms with Gasteiger partial charge in [-0.15, -0.1) is 10.2 Å². The molecule has 26 heavy (non-hydrogen) atoms. The number of amides is 2. The van der Waals surface area contributed by atoms with E-state index in [0.29, 0.717) is 35.5 Å². The van der Waals surface area contributed by atoms with Crippen molar-refractivity contribution in [2.45, 2.75) is 38.6 Å². The largest absolute Gasteiger partial charge is 0.425 e. The highest BCUT2D eigenvalue weighted by Gasteiger charge is 2.29. The Labute approximate surface area is 156 Å². The molecule has 1 aliphatic rings. The van der Waals surface area contributed by atoms with Gasteiger partial charge in [0, 0.05) is 36.5 Å². The SMILES string of the molecule is Cc1nnc(C2CCN(C(=O)C(C)NC(=O)c3ccc(Cl)cc3)CC2)o1. The number of halogens is 1. The van der Waals surface area contributed by atoms with Gasteiger partial charge in [-0.25, -0.2) is 0 Å². The van der Waals surface area contributed by atoms with Crippen LogP contribution in [0.1, 0.15) is 47.8 Å². The first-order valence-electron chi connectivity index (χ1n) is 8.59. The monoisotopic (exact) mass is 376 g/mol. The lowest BCUT2D eigenvalue weighted by atomic mass is 9.96. The molecule has 2 heterocycles. The van der Waals surface area contributed by atoms with E-state index in [1.165, 1.54) is 0 Å². The summed E-state index contributed by atoms with van der Waals surface area (Å²) in [7, 11) is 0. The van der Waals surface area contributed by atoms with Gasteiger partial charge in [0.15, 0.2) is 0 Å². The zero-order valence-corrected chi connectivity index (χ0v) is 15.5. The molecule has 2 aromatic rings. The Hall–Kier alpha value is -2.41. The Morgan fingerprint density at radius 1 is 1.23 bits per heavy atom. The Bertz CT molecular complexity index is 782. The first kappa shape index (κ1) is 18.4. The maximum Gasteiger partial charge on any atom is 0.251 e. The molecule has 1 N–H and O–H groups in total. The van der Waals surface area contributed by atoms with Gasteiger partial charge < -0.3 is 14.6 Å².